The van der Waals surface area contributed by atoms with Crippen molar-refractivity contribution in [3.8, 4) is 0 Å². The van der Waals surface area contributed by atoms with Crippen LogP contribution < -0.4 is 0 Å². The lowest BCUT2D eigenvalue weighted by atomic mass is 9.99. The third-order valence-corrected chi connectivity index (χ3v) is 4.20. The number of aliphatic hydroxyl groups is 1. The normalized spacial score (nSPS) is 19.4. The van der Waals surface area contributed by atoms with Gasteiger partial charge in [0, 0.05) is 12.6 Å². The number of alkyl halides is 3. The molecule has 0 aliphatic carbocycles. The highest BCUT2D eigenvalue weighted by molar-refractivity contribution is 5.78. The number of likely N-dealkylation sites (tertiary alicyclic amines) is 1. The number of hydrogen-bond donors (Lipinski definition) is 1. The van der Waals surface area contributed by atoms with Gasteiger partial charge in [0.05, 0.1) is 19.4 Å². The molecule has 1 unspecified atom stereocenters. The number of halogens is 3. The number of nitrogens with zero attached hydrogens (tertiary/aromatic N) is 2. The van der Waals surface area contributed by atoms with Crippen molar-refractivity contribution in [3.05, 3.63) is 24.2 Å². The number of furan rings is 1. The smallest absolute Gasteiger partial charge is 0.406 e. The summed E-state index contributed by atoms with van der Waals surface area (Å²) in [4.78, 5) is 15.1. The van der Waals surface area contributed by atoms with Gasteiger partial charge in [-0.05, 0) is 37.9 Å². The second-order valence-corrected chi connectivity index (χ2v) is 6.08. The molecule has 5 nitrogen and oxygen atoms in total. The quantitative estimate of drug-likeness (QED) is 0.822. The topological polar surface area (TPSA) is 56.9 Å². The maximum Gasteiger partial charge on any atom is 0.406 e. The van der Waals surface area contributed by atoms with Crippen LogP contribution in [0.1, 0.15) is 31.4 Å². The van der Waals surface area contributed by atoms with E-state index >= 15 is 0 Å². The zero-order valence-electron chi connectivity index (χ0n) is 13.5. The molecule has 24 heavy (non-hydrogen) atoms. The number of amides is 1. The summed E-state index contributed by atoms with van der Waals surface area (Å²) >= 11 is 0. The van der Waals surface area contributed by atoms with E-state index in [4.69, 9.17) is 9.52 Å². The van der Waals surface area contributed by atoms with E-state index in [-0.39, 0.29) is 25.7 Å². The molecule has 1 fully saturated rings. The molecule has 0 saturated carbocycles. The van der Waals surface area contributed by atoms with E-state index in [2.05, 4.69) is 0 Å². The van der Waals surface area contributed by atoms with Gasteiger partial charge in [-0.15, -0.1) is 0 Å². The van der Waals surface area contributed by atoms with Crippen molar-refractivity contribution in [3.63, 3.8) is 0 Å². The van der Waals surface area contributed by atoms with Crippen LogP contribution >= 0.6 is 0 Å². The molecule has 2 heterocycles. The van der Waals surface area contributed by atoms with Gasteiger partial charge in [-0.25, -0.2) is 0 Å². The van der Waals surface area contributed by atoms with Crippen LogP contribution in [0.5, 0.6) is 0 Å². The van der Waals surface area contributed by atoms with Crippen LogP contribution in [0.2, 0.25) is 0 Å². The van der Waals surface area contributed by atoms with Gasteiger partial charge in [0.15, 0.2) is 0 Å². The van der Waals surface area contributed by atoms with Crippen LogP contribution in [0.3, 0.4) is 0 Å². The fourth-order valence-electron chi connectivity index (χ4n) is 3.06. The van der Waals surface area contributed by atoms with Gasteiger partial charge in [-0.1, -0.05) is 6.42 Å². The second kappa shape index (κ2) is 8.53. The van der Waals surface area contributed by atoms with Gasteiger partial charge >= 0.3 is 6.18 Å². The highest BCUT2D eigenvalue weighted by Crippen LogP contribution is 2.22. The fourth-order valence-corrected chi connectivity index (χ4v) is 3.06. The standard InChI is InChI=1S/C16H23F3N2O3/c17-16(18,19)12-21(10-14-5-3-9-24-14)15(23)11-20-7-2-1-4-13(20)6-8-22/h3,5,9,13,22H,1-2,4,6-8,10-12H2. The van der Waals surface area contributed by atoms with Gasteiger partial charge in [0.1, 0.15) is 12.3 Å². The summed E-state index contributed by atoms with van der Waals surface area (Å²) in [7, 11) is 0. The molecule has 0 radical (unpaired) electrons. The number of carbonyl (C=O) groups excluding carboxylic acids is 1. The Morgan fingerprint density at radius 2 is 2.21 bits per heavy atom. The molecule has 2 rings (SSSR count). The summed E-state index contributed by atoms with van der Waals surface area (Å²) < 4.78 is 43.5. The molecule has 1 amide bonds. The lowest BCUT2D eigenvalue weighted by Crippen LogP contribution is -2.48. The zero-order chi connectivity index (χ0) is 17.6. The molecule has 0 aromatic carbocycles. The van der Waals surface area contributed by atoms with Gasteiger partial charge in [0.25, 0.3) is 0 Å². The molecule has 136 valence electrons. The maximum atomic E-state index is 12.8. The fraction of sp³-hybridized carbons (Fsp3) is 0.688. The Hall–Kier alpha value is -1.54. The Morgan fingerprint density at radius 1 is 1.42 bits per heavy atom. The van der Waals surface area contributed by atoms with Crippen LogP contribution in [-0.2, 0) is 11.3 Å². The number of piperidine rings is 1. The summed E-state index contributed by atoms with van der Waals surface area (Å²) in [5, 5.41) is 9.12. The molecule has 1 aliphatic heterocycles. The van der Waals surface area contributed by atoms with Crippen LogP contribution in [0.15, 0.2) is 22.8 Å². The summed E-state index contributed by atoms with van der Waals surface area (Å²) in [5.41, 5.74) is 0. The van der Waals surface area contributed by atoms with Crippen LogP contribution in [0.4, 0.5) is 13.2 Å². The first-order chi connectivity index (χ1) is 11.4. The minimum absolute atomic E-state index is 0.00795. The lowest BCUT2D eigenvalue weighted by Gasteiger charge is -2.36. The Labute approximate surface area is 139 Å². The molecular weight excluding hydrogens is 325 g/mol. The molecule has 8 heteroatoms. The van der Waals surface area contributed by atoms with Crippen molar-refractivity contribution in [1.29, 1.82) is 0 Å². The van der Waals surface area contributed by atoms with E-state index in [1.807, 2.05) is 4.90 Å². The van der Waals surface area contributed by atoms with Crippen molar-refractivity contribution in [2.75, 3.05) is 26.2 Å². The van der Waals surface area contributed by atoms with Crippen molar-refractivity contribution in [2.45, 2.75) is 44.4 Å². The van der Waals surface area contributed by atoms with Gasteiger partial charge in [-0.2, -0.15) is 13.2 Å². The SMILES string of the molecule is O=C(CN1CCCCC1CCO)N(Cc1ccco1)CC(F)(F)F. The van der Waals surface area contributed by atoms with E-state index < -0.39 is 18.6 Å². The van der Waals surface area contributed by atoms with Crippen LogP contribution in [-0.4, -0.2) is 59.3 Å². The molecule has 1 aromatic rings. The van der Waals surface area contributed by atoms with Gasteiger partial charge in [-0.3, -0.25) is 9.69 Å². The first-order valence-corrected chi connectivity index (χ1v) is 8.11. The number of hydrogen-bond acceptors (Lipinski definition) is 4. The first kappa shape index (κ1) is 18.8. The number of rotatable bonds is 7. The molecule has 1 atom stereocenters. The van der Waals surface area contributed by atoms with Crippen molar-refractivity contribution < 1.29 is 27.5 Å². The monoisotopic (exact) mass is 348 g/mol. The Bertz CT molecular complexity index is 503. The van der Waals surface area contributed by atoms with Crippen molar-refractivity contribution in [2.24, 2.45) is 0 Å². The average Bonchev–Trinajstić information content (AvgIpc) is 3.00. The Kier molecular flexibility index (Phi) is 6.68. The number of carbonyl (C=O) groups is 1. The van der Waals surface area contributed by atoms with Gasteiger partial charge in [0.2, 0.25) is 5.91 Å². The van der Waals surface area contributed by atoms with Crippen LogP contribution in [0.25, 0.3) is 0 Å². The van der Waals surface area contributed by atoms with Crippen LogP contribution in [0, 0.1) is 0 Å². The highest BCUT2D eigenvalue weighted by atomic mass is 19.4. The largest absolute Gasteiger partial charge is 0.467 e. The molecule has 0 spiro atoms. The molecule has 0 bridgehead atoms. The Morgan fingerprint density at radius 3 is 2.83 bits per heavy atom. The van der Waals surface area contributed by atoms with Crippen molar-refractivity contribution >= 4 is 5.91 Å². The summed E-state index contributed by atoms with van der Waals surface area (Å²) in [6, 6.07) is 3.17. The molecule has 1 aromatic heterocycles. The van der Waals surface area contributed by atoms with E-state index in [1.54, 1.807) is 12.1 Å². The third kappa shape index (κ3) is 5.83. The number of aliphatic hydroxyl groups excluding tert-OH is 1. The highest BCUT2D eigenvalue weighted by Gasteiger charge is 2.34. The molecule has 1 N–H and O–H groups in total. The summed E-state index contributed by atoms with van der Waals surface area (Å²) in [6.45, 7) is -0.901. The molecular formula is C16H23F3N2O3. The minimum atomic E-state index is -4.46. The first-order valence-electron chi connectivity index (χ1n) is 8.11. The summed E-state index contributed by atoms with van der Waals surface area (Å²) in [5.74, 6) is -0.258. The maximum absolute atomic E-state index is 12.8. The van der Waals surface area contributed by atoms with Gasteiger partial charge < -0.3 is 14.4 Å². The van der Waals surface area contributed by atoms with E-state index in [0.717, 1.165) is 24.2 Å². The van der Waals surface area contributed by atoms with Crippen molar-refractivity contribution in [1.82, 2.24) is 9.80 Å². The minimum Gasteiger partial charge on any atom is -0.467 e. The van der Waals surface area contributed by atoms with E-state index in [9.17, 15) is 18.0 Å². The molecule has 1 aliphatic rings. The zero-order valence-corrected chi connectivity index (χ0v) is 13.5. The predicted octanol–water partition coefficient (Wildman–Crippen LogP) is 2.41. The average molecular weight is 348 g/mol. The Balaban J connectivity index is 2.02. The summed E-state index contributed by atoms with van der Waals surface area (Å²) in [6.07, 6.45) is 0.207. The lowest BCUT2D eigenvalue weighted by molar-refractivity contribution is -0.164. The molecule has 1 saturated heterocycles. The van der Waals surface area contributed by atoms with E-state index in [0.29, 0.717) is 18.7 Å². The predicted molar refractivity (Wildman–Crippen MR) is 81.1 cm³/mol. The van der Waals surface area contributed by atoms with E-state index in [1.165, 1.54) is 6.26 Å². The third-order valence-electron chi connectivity index (χ3n) is 4.20. The second-order valence-electron chi connectivity index (χ2n) is 6.08.